The number of rotatable bonds is 4. The molecule has 58 valence electrons. The zero-order valence-electron chi connectivity index (χ0n) is 7.41. The Balaban J connectivity index is 3.84. The molecule has 0 aromatic heterocycles. The summed E-state index contributed by atoms with van der Waals surface area (Å²) in [5, 5.41) is 0. The molecule has 0 atom stereocenters. The fraction of sp³-hybridized carbons (Fsp3) is 0.600. The molecule has 0 rings (SSSR count). The Kier molecular flexibility index (Phi) is 5.00. The third kappa shape index (κ3) is 3.49. The van der Waals surface area contributed by atoms with E-state index in [1.165, 1.54) is 18.4 Å². The van der Waals surface area contributed by atoms with Crippen molar-refractivity contribution in [3.05, 3.63) is 23.8 Å². The first-order valence-electron chi connectivity index (χ1n) is 3.98. The molecule has 0 aliphatic heterocycles. The number of hydrogen-bond donors (Lipinski definition) is 0. The molecule has 0 unspecified atom stereocenters. The highest BCUT2D eigenvalue weighted by Crippen LogP contribution is 2.14. The Bertz CT molecular complexity index is 125. The lowest BCUT2D eigenvalue weighted by Crippen LogP contribution is -1.83. The minimum absolute atomic E-state index is 1.12. The topological polar surface area (TPSA) is 0 Å². The van der Waals surface area contributed by atoms with Gasteiger partial charge in [-0.1, -0.05) is 24.1 Å². The first kappa shape index (κ1) is 9.48. The van der Waals surface area contributed by atoms with Crippen molar-refractivity contribution in [3.63, 3.8) is 0 Å². The van der Waals surface area contributed by atoms with Crippen LogP contribution in [0.1, 0.15) is 40.0 Å². The Hall–Kier alpha value is -0.520. The van der Waals surface area contributed by atoms with Gasteiger partial charge in [-0.15, -0.1) is 6.58 Å². The van der Waals surface area contributed by atoms with Gasteiger partial charge in [0.15, 0.2) is 0 Å². The van der Waals surface area contributed by atoms with Crippen molar-refractivity contribution in [2.24, 2.45) is 0 Å². The molecular weight excluding hydrogens is 120 g/mol. The Morgan fingerprint density at radius 3 is 2.30 bits per heavy atom. The summed E-state index contributed by atoms with van der Waals surface area (Å²) < 4.78 is 0. The standard InChI is InChI=1S/C10H18/c1-5-7-8-10(6-2)9(3)4/h5H,1,6-8H2,2-4H3. The predicted octanol–water partition coefficient (Wildman–Crippen LogP) is 3.70. The minimum Gasteiger partial charge on any atom is -0.103 e. The van der Waals surface area contributed by atoms with E-state index in [1.54, 1.807) is 5.57 Å². The van der Waals surface area contributed by atoms with E-state index >= 15 is 0 Å². The lowest BCUT2D eigenvalue weighted by molar-refractivity contribution is 0.886. The van der Waals surface area contributed by atoms with Crippen LogP contribution in [0.3, 0.4) is 0 Å². The Morgan fingerprint density at radius 2 is 2.00 bits per heavy atom. The maximum atomic E-state index is 3.70. The van der Waals surface area contributed by atoms with Crippen LogP contribution >= 0.6 is 0 Å². The third-order valence-electron chi connectivity index (χ3n) is 1.78. The molecule has 0 radical (unpaired) electrons. The quantitative estimate of drug-likeness (QED) is 0.520. The summed E-state index contributed by atoms with van der Waals surface area (Å²) in [7, 11) is 0. The third-order valence-corrected chi connectivity index (χ3v) is 1.78. The molecule has 0 spiro atoms. The molecule has 0 aromatic rings. The van der Waals surface area contributed by atoms with Crippen molar-refractivity contribution < 1.29 is 0 Å². The summed E-state index contributed by atoms with van der Waals surface area (Å²) in [6, 6.07) is 0. The molecule has 0 N–H and O–H groups in total. The van der Waals surface area contributed by atoms with Crippen LogP contribution in [0.4, 0.5) is 0 Å². The summed E-state index contributed by atoms with van der Waals surface area (Å²) in [4.78, 5) is 0. The molecule has 0 saturated heterocycles. The second-order valence-corrected chi connectivity index (χ2v) is 2.78. The second kappa shape index (κ2) is 5.28. The monoisotopic (exact) mass is 138 g/mol. The molecule has 0 fully saturated rings. The van der Waals surface area contributed by atoms with Gasteiger partial charge in [0.05, 0.1) is 0 Å². The molecule has 0 aliphatic rings. The summed E-state index contributed by atoms with van der Waals surface area (Å²) in [5.41, 5.74) is 3.06. The van der Waals surface area contributed by atoms with Gasteiger partial charge in [0, 0.05) is 0 Å². The van der Waals surface area contributed by atoms with Crippen LogP contribution in [-0.4, -0.2) is 0 Å². The summed E-state index contributed by atoms with van der Waals surface area (Å²) in [5.74, 6) is 0. The van der Waals surface area contributed by atoms with Gasteiger partial charge in [-0.2, -0.15) is 0 Å². The lowest BCUT2D eigenvalue weighted by atomic mass is 10.0. The van der Waals surface area contributed by atoms with Crippen molar-refractivity contribution in [2.75, 3.05) is 0 Å². The Labute approximate surface area is 64.6 Å². The number of hydrogen-bond acceptors (Lipinski definition) is 0. The van der Waals surface area contributed by atoms with E-state index in [1.807, 2.05) is 6.08 Å². The normalized spacial score (nSPS) is 9.10. The van der Waals surface area contributed by atoms with E-state index in [2.05, 4.69) is 27.4 Å². The Morgan fingerprint density at radius 1 is 1.40 bits per heavy atom. The van der Waals surface area contributed by atoms with Crippen LogP contribution in [-0.2, 0) is 0 Å². The maximum Gasteiger partial charge on any atom is -0.0283 e. The number of allylic oxidation sites excluding steroid dienone is 3. The molecule has 0 saturated carbocycles. The molecule has 0 aromatic carbocycles. The SMILES string of the molecule is C=CCCC(CC)=C(C)C. The summed E-state index contributed by atoms with van der Waals surface area (Å²) in [6.45, 7) is 10.3. The van der Waals surface area contributed by atoms with Crippen LogP contribution in [0.5, 0.6) is 0 Å². The second-order valence-electron chi connectivity index (χ2n) is 2.78. The van der Waals surface area contributed by atoms with Crippen LogP contribution in [0.2, 0.25) is 0 Å². The average Bonchev–Trinajstić information content (AvgIpc) is 1.89. The molecular formula is C10H18. The maximum absolute atomic E-state index is 3.70. The van der Waals surface area contributed by atoms with Crippen LogP contribution < -0.4 is 0 Å². The highest BCUT2D eigenvalue weighted by atomic mass is 14.0. The summed E-state index contributed by atoms with van der Waals surface area (Å²) in [6.07, 6.45) is 5.49. The smallest absolute Gasteiger partial charge is 0.0283 e. The zero-order valence-corrected chi connectivity index (χ0v) is 7.41. The van der Waals surface area contributed by atoms with E-state index in [4.69, 9.17) is 0 Å². The van der Waals surface area contributed by atoms with Gasteiger partial charge in [0.2, 0.25) is 0 Å². The highest BCUT2D eigenvalue weighted by Gasteiger charge is 1.93. The van der Waals surface area contributed by atoms with Crippen molar-refractivity contribution in [3.8, 4) is 0 Å². The van der Waals surface area contributed by atoms with Crippen LogP contribution in [0.25, 0.3) is 0 Å². The van der Waals surface area contributed by atoms with E-state index in [9.17, 15) is 0 Å². The predicted molar refractivity (Wildman–Crippen MR) is 48.1 cm³/mol. The fourth-order valence-corrected chi connectivity index (χ4v) is 1.06. The van der Waals surface area contributed by atoms with Crippen molar-refractivity contribution in [2.45, 2.75) is 40.0 Å². The van der Waals surface area contributed by atoms with Gasteiger partial charge in [-0.05, 0) is 33.1 Å². The largest absolute Gasteiger partial charge is 0.103 e. The van der Waals surface area contributed by atoms with Gasteiger partial charge in [-0.25, -0.2) is 0 Å². The van der Waals surface area contributed by atoms with Crippen molar-refractivity contribution in [1.82, 2.24) is 0 Å². The van der Waals surface area contributed by atoms with E-state index in [-0.39, 0.29) is 0 Å². The van der Waals surface area contributed by atoms with Gasteiger partial charge in [0.25, 0.3) is 0 Å². The van der Waals surface area contributed by atoms with E-state index in [0.717, 1.165) is 6.42 Å². The molecule has 10 heavy (non-hydrogen) atoms. The highest BCUT2D eigenvalue weighted by molar-refractivity contribution is 5.09. The lowest BCUT2D eigenvalue weighted by Gasteiger charge is -2.03. The molecule has 0 heterocycles. The van der Waals surface area contributed by atoms with Crippen molar-refractivity contribution in [1.29, 1.82) is 0 Å². The van der Waals surface area contributed by atoms with Crippen LogP contribution in [0.15, 0.2) is 23.8 Å². The van der Waals surface area contributed by atoms with E-state index in [0.29, 0.717) is 0 Å². The molecule has 0 aliphatic carbocycles. The molecule has 0 amide bonds. The van der Waals surface area contributed by atoms with Crippen molar-refractivity contribution >= 4 is 0 Å². The first-order chi connectivity index (χ1) is 4.72. The average molecular weight is 138 g/mol. The summed E-state index contributed by atoms with van der Waals surface area (Å²) >= 11 is 0. The van der Waals surface area contributed by atoms with Gasteiger partial charge in [0.1, 0.15) is 0 Å². The fourth-order valence-electron chi connectivity index (χ4n) is 1.06. The molecule has 0 nitrogen and oxygen atoms in total. The van der Waals surface area contributed by atoms with Gasteiger partial charge in [-0.3, -0.25) is 0 Å². The molecule has 0 bridgehead atoms. The minimum atomic E-state index is 1.12. The van der Waals surface area contributed by atoms with Crippen LogP contribution in [0, 0.1) is 0 Å². The molecule has 0 heteroatoms. The first-order valence-corrected chi connectivity index (χ1v) is 3.98. The van der Waals surface area contributed by atoms with Gasteiger partial charge >= 0.3 is 0 Å². The van der Waals surface area contributed by atoms with Gasteiger partial charge < -0.3 is 0 Å². The zero-order chi connectivity index (χ0) is 7.98. The van der Waals surface area contributed by atoms with E-state index < -0.39 is 0 Å².